The SMILES string of the molecule is CN(CC(O)C1CC1)C(=O)c1ccc(NC2CC2)c([N+](=O)[O-])c1. The highest BCUT2D eigenvalue weighted by Gasteiger charge is 2.31. The second-order valence-corrected chi connectivity index (χ2v) is 6.50. The van der Waals surface area contributed by atoms with Crippen molar-refractivity contribution in [2.45, 2.75) is 37.8 Å². The van der Waals surface area contributed by atoms with E-state index in [2.05, 4.69) is 5.32 Å². The minimum Gasteiger partial charge on any atom is -0.391 e. The van der Waals surface area contributed by atoms with Gasteiger partial charge in [-0.25, -0.2) is 0 Å². The predicted molar refractivity (Wildman–Crippen MR) is 85.4 cm³/mol. The van der Waals surface area contributed by atoms with Gasteiger partial charge in [0.05, 0.1) is 11.0 Å². The Bertz CT molecular complexity index is 626. The van der Waals surface area contributed by atoms with Gasteiger partial charge in [0.25, 0.3) is 11.6 Å². The molecular weight excluding hydrogens is 298 g/mol. The van der Waals surface area contributed by atoms with Gasteiger partial charge in [0.2, 0.25) is 0 Å². The predicted octanol–water partition coefficient (Wildman–Crippen LogP) is 2.01. The van der Waals surface area contributed by atoms with Crippen molar-refractivity contribution >= 4 is 17.3 Å². The van der Waals surface area contributed by atoms with Crippen LogP contribution in [-0.4, -0.2) is 46.6 Å². The first-order valence-corrected chi connectivity index (χ1v) is 7.94. The van der Waals surface area contributed by atoms with Crippen LogP contribution in [0.2, 0.25) is 0 Å². The zero-order chi connectivity index (χ0) is 16.6. The average Bonchev–Trinajstić information content (AvgIpc) is 3.38. The van der Waals surface area contributed by atoms with Gasteiger partial charge in [-0.3, -0.25) is 14.9 Å². The number of nitro benzene ring substituents is 1. The number of anilines is 1. The second kappa shape index (κ2) is 6.16. The second-order valence-electron chi connectivity index (χ2n) is 6.50. The molecule has 2 aliphatic carbocycles. The lowest BCUT2D eigenvalue weighted by Gasteiger charge is -2.21. The van der Waals surface area contributed by atoms with E-state index in [-0.39, 0.29) is 29.6 Å². The minimum atomic E-state index is -0.519. The summed E-state index contributed by atoms with van der Waals surface area (Å²) < 4.78 is 0. The first-order valence-electron chi connectivity index (χ1n) is 7.94. The van der Waals surface area contributed by atoms with Crippen LogP contribution in [0.5, 0.6) is 0 Å². The summed E-state index contributed by atoms with van der Waals surface area (Å²) in [7, 11) is 1.61. The molecule has 0 aliphatic heterocycles. The molecule has 1 atom stereocenters. The van der Waals surface area contributed by atoms with Crippen molar-refractivity contribution in [1.29, 1.82) is 0 Å². The summed E-state index contributed by atoms with van der Waals surface area (Å²) in [6.07, 6.45) is 3.50. The van der Waals surface area contributed by atoms with Crippen LogP contribution in [0.25, 0.3) is 0 Å². The van der Waals surface area contributed by atoms with Gasteiger partial charge in [0, 0.05) is 31.3 Å². The number of nitrogens with one attached hydrogen (secondary N) is 1. The molecule has 124 valence electrons. The molecule has 0 saturated heterocycles. The average molecular weight is 319 g/mol. The van der Waals surface area contributed by atoms with Gasteiger partial charge in [0.15, 0.2) is 0 Å². The standard InChI is InChI=1S/C16H21N3O4/c1-18(9-15(20)10-2-3-10)16(21)11-4-7-13(17-12-5-6-12)14(8-11)19(22)23/h4,7-8,10,12,15,17,20H,2-3,5-6,9H2,1H3. The number of hydrogen-bond acceptors (Lipinski definition) is 5. The molecule has 0 radical (unpaired) electrons. The lowest BCUT2D eigenvalue weighted by Crippen LogP contribution is -2.35. The molecular formula is C16H21N3O4. The number of amides is 1. The van der Waals surface area contributed by atoms with Gasteiger partial charge in [0.1, 0.15) is 5.69 Å². The Balaban J connectivity index is 1.73. The number of likely N-dealkylation sites (N-methyl/N-ethyl adjacent to an activating group) is 1. The van der Waals surface area contributed by atoms with Crippen molar-refractivity contribution in [2.75, 3.05) is 18.9 Å². The van der Waals surface area contributed by atoms with E-state index in [4.69, 9.17) is 0 Å². The summed E-state index contributed by atoms with van der Waals surface area (Å²) in [6.45, 7) is 0.249. The Kier molecular flexibility index (Phi) is 4.21. The lowest BCUT2D eigenvalue weighted by molar-refractivity contribution is -0.384. The van der Waals surface area contributed by atoms with Crippen LogP contribution in [0.4, 0.5) is 11.4 Å². The van der Waals surface area contributed by atoms with Crippen LogP contribution in [-0.2, 0) is 0 Å². The van der Waals surface area contributed by atoms with Crippen LogP contribution in [0.3, 0.4) is 0 Å². The Labute approximate surface area is 134 Å². The third kappa shape index (κ3) is 3.79. The first-order chi connectivity index (χ1) is 11.0. The number of benzene rings is 1. The van der Waals surface area contributed by atoms with Crippen molar-refractivity contribution in [1.82, 2.24) is 4.90 Å². The van der Waals surface area contributed by atoms with Crippen molar-refractivity contribution in [3.05, 3.63) is 33.9 Å². The molecule has 1 amide bonds. The number of aliphatic hydroxyl groups is 1. The smallest absolute Gasteiger partial charge is 0.293 e. The summed E-state index contributed by atoms with van der Waals surface area (Å²) in [5.41, 5.74) is 0.636. The highest BCUT2D eigenvalue weighted by Crippen LogP contribution is 2.33. The van der Waals surface area contributed by atoms with Crippen LogP contribution < -0.4 is 5.32 Å². The number of carbonyl (C=O) groups is 1. The monoisotopic (exact) mass is 319 g/mol. The van der Waals surface area contributed by atoms with Crippen LogP contribution in [0.1, 0.15) is 36.0 Å². The van der Waals surface area contributed by atoms with Crippen molar-refractivity contribution in [2.24, 2.45) is 5.92 Å². The van der Waals surface area contributed by atoms with E-state index >= 15 is 0 Å². The molecule has 2 N–H and O–H groups in total. The molecule has 0 spiro atoms. The number of nitrogens with zero attached hydrogens (tertiary/aromatic N) is 2. The summed E-state index contributed by atoms with van der Waals surface area (Å²) in [5.74, 6) is -0.0320. The summed E-state index contributed by atoms with van der Waals surface area (Å²) in [4.78, 5) is 24.6. The highest BCUT2D eigenvalue weighted by molar-refractivity contribution is 5.95. The molecule has 2 saturated carbocycles. The van der Waals surface area contributed by atoms with Gasteiger partial charge in [-0.05, 0) is 43.7 Å². The zero-order valence-corrected chi connectivity index (χ0v) is 13.1. The Morgan fingerprint density at radius 2 is 2.13 bits per heavy atom. The number of carbonyl (C=O) groups excluding carboxylic acids is 1. The zero-order valence-electron chi connectivity index (χ0n) is 13.1. The topological polar surface area (TPSA) is 95.7 Å². The maximum atomic E-state index is 12.4. The maximum absolute atomic E-state index is 12.4. The Hall–Kier alpha value is -2.15. The van der Waals surface area contributed by atoms with E-state index < -0.39 is 11.0 Å². The molecule has 2 aliphatic rings. The molecule has 0 bridgehead atoms. The van der Waals surface area contributed by atoms with Gasteiger partial charge < -0.3 is 15.3 Å². The Morgan fingerprint density at radius 3 is 2.70 bits per heavy atom. The molecule has 7 heteroatoms. The van der Waals surface area contributed by atoms with Gasteiger partial charge in [-0.15, -0.1) is 0 Å². The molecule has 1 aromatic rings. The number of hydrogen-bond donors (Lipinski definition) is 2. The highest BCUT2D eigenvalue weighted by atomic mass is 16.6. The molecule has 23 heavy (non-hydrogen) atoms. The van der Waals surface area contributed by atoms with Crippen molar-refractivity contribution in [3.8, 4) is 0 Å². The van der Waals surface area contributed by atoms with Crippen LogP contribution >= 0.6 is 0 Å². The van der Waals surface area contributed by atoms with E-state index in [0.29, 0.717) is 11.7 Å². The first kappa shape index (κ1) is 15.7. The number of rotatable bonds is 7. The third-order valence-corrected chi connectivity index (χ3v) is 4.35. The van der Waals surface area contributed by atoms with E-state index in [1.165, 1.54) is 11.0 Å². The molecule has 0 heterocycles. The van der Waals surface area contributed by atoms with Crippen molar-refractivity contribution < 1.29 is 14.8 Å². The summed E-state index contributed by atoms with van der Waals surface area (Å²) in [6, 6.07) is 4.80. The number of aliphatic hydroxyl groups excluding tert-OH is 1. The van der Waals surface area contributed by atoms with E-state index in [1.54, 1.807) is 19.2 Å². The van der Waals surface area contributed by atoms with Crippen molar-refractivity contribution in [3.63, 3.8) is 0 Å². The third-order valence-electron chi connectivity index (χ3n) is 4.35. The number of nitro groups is 1. The van der Waals surface area contributed by atoms with Crippen LogP contribution in [0.15, 0.2) is 18.2 Å². The summed E-state index contributed by atoms with van der Waals surface area (Å²) in [5, 5.41) is 24.3. The summed E-state index contributed by atoms with van der Waals surface area (Å²) >= 11 is 0. The normalized spacial score (nSPS) is 18.3. The maximum Gasteiger partial charge on any atom is 0.293 e. The largest absolute Gasteiger partial charge is 0.391 e. The molecule has 3 rings (SSSR count). The molecule has 1 unspecified atom stereocenters. The van der Waals surface area contributed by atoms with E-state index in [1.807, 2.05) is 0 Å². The van der Waals surface area contributed by atoms with Crippen LogP contribution in [0, 0.1) is 16.0 Å². The van der Waals surface area contributed by atoms with E-state index in [9.17, 15) is 20.0 Å². The molecule has 1 aromatic carbocycles. The lowest BCUT2D eigenvalue weighted by atomic mass is 10.1. The Morgan fingerprint density at radius 1 is 1.43 bits per heavy atom. The molecule has 7 nitrogen and oxygen atoms in total. The van der Waals surface area contributed by atoms with Gasteiger partial charge in [-0.2, -0.15) is 0 Å². The fourth-order valence-electron chi connectivity index (χ4n) is 2.60. The quantitative estimate of drug-likeness (QED) is 0.592. The van der Waals surface area contributed by atoms with Gasteiger partial charge >= 0.3 is 0 Å². The molecule has 2 fully saturated rings. The fraction of sp³-hybridized carbons (Fsp3) is 0.562. The molecule has 0 aromatic heterocycles. The van der Waals surface area contributed by atoms with E-state index in [0.717, 1.165) is 25.7 Å². The van der Waals surface area contributed by atoms with Gasteiger partial charge in [-0.1, -0.05) is 0 Å². The minimum absolute atomic E-state index is 0.0844. The fourth-order valence-corrected chi connectivity index (χ4v) is 2.60.